The molecule has 0 aliphatic rings. The van der Waals surface area contributed by atoms with Gasteiger partial charge in [0.1, 0.15) is 0 Å². The summed E-state index contributed by atoms with van der Waals surface area (Å²) < 4.78 is 6.08. The van der Waals surface area contributed by atoms with E-state index in [2.05, 4.69) is 43.3 Å². The smallest absolute Gasteiger partial charge is 0.339 e. The van der Waals surface area contributed by atoms with E-state index in [0.29, 0.717) is 15.1 Å². The molecule has 0 fully saturated rings. The van der Waals surface area contributed by atoms with Crippen molar-refractivity contribution in [1.82, 2.24) is 0 Å². The van der Waals surface area contributed by atoms with Crippen LogP contribution in [0, 0.1) is 3.57 Å². The molecular weight excluding hydrogens is 370 g/mol. The van der Waals surface area contributed by atoms with Crippen molar-refractivity contribution in [3.63, 3.8) is 0 Å². The second-order valence-electron chi connectivity index (χ2n) is 2.21. The molecule has 5 heteroatoms. The van der Waals surface area contributed by atoms with E-state index in [-0.39, 0.29) is 5.97 Å². The quantitative estimate of drug-likeness (QED) is 0.427. The third kappa shape index (κ3) is 2.35. The summed E-state index contributed by atoms with van der Waals surface area (Å²) in [6.45, 7) is 0. The summed E-state index contributed by atoms with van der Waals surface area (Å²) in [4.78, 5) is 11.2. The molecule has 0 amide bonds. The van der Waals surface area contributed by atoms with Crippen LogP contribution in [-0.2, 0) is 4.74 Å². The summed E-state index contributed by atoms with van der Waals surface area (Å²) in [6, 6.07) is 3.29. The number of carbonyl (C=O) groups excluding carboxylic acids is 1. The van der Waals surface area contributed by atoms with E-state index in [4.69, 9.17) is 11.6 Å². The highest BCUT2D eigenvalue weighted by Crippen LogP contribution is 2.30. The minimum atomic E-state index is -0.374. The molecule has 0 aliphatic carbocycles. The van der Waals surface area contributed by atoms with Crippen LogP contribution in [0.1, 0.15) is 10.4 Å². The van der Waals surface area contributed by atoms with Gasteiger partial charge in [0, 0.05) is 8.04 Å². The summed E-state index contributed by atoms with van der Waals surface area (Å²) in [6.07, 6.45) is 0. The maximum absolute atomic E-state index is 11.2. The molecule has 1 aromatic rings. The minimum absolute atomic E-state index is 0.374. The zero-order valence-electron chi connectivity index (χ0n) is 6.61. The monoisotopic (exact) mass is 374 g/mol. The molecule has 0 saturated heterocycles. The van der Waals surface area contributed by atoms with Crippen molar-refractivity contribution in [2.75, 3.05) is 7.11 Å². The van der Waals surface area contributed by atoms with Gasteiger partial charge in [0.05, 0.1) is 17.7 Å². The largest absolute Gasteiger partial charge is 0.465 e. The van der Waals surface area contributed by atoms with Crippen molar-refractivity contribution in [2.24, 2.45) is 0 Å². The van der Waals surface area contributed by atoms with Crippen molar-refractivity contribution < 1.29 is 9.53 Å². The first kappa shape index (κ1) is 11.3. The topological polar surface area (TPSA) is 26.3 Å². The summed E-state index contributed by atoms with van der Waals surface area (Å²) in [5.41, 5.74) is 0.483. The molecule has 70 valence electrons. The highest BCUT2D eigenvalue weighted by Gasteiger charge is 2.14. The fraction of sp³-hybridized carbons (Fsp3) is 0.125. The lowest BCUT2D eigenvalue weighted by Crippen LogP contribution is -2.03. The van der Waals surface area contributed by atoms with E-state index >= 15 is 0 Å². The number of ether oxygens (including phenoxy) is 1. The van der Waals surface area contributed by atoms with Crippen LogP contribution >= 0.6 is 50.1 Å². The molecule has 2 nitrogen and oxygen atoms in total. The van der Waals surface area contributed by atoms with Crippen LogP contribution in [0.25, 0.3) is 0 Å². The Morgan fingerprint density at radius 2 is 2.23 bits per heavy atom. The first-order valence-electron chi connectivity index (χ1n) is 3.29. The number of carbonyl (C=O) groups is 1. The predicted molar refractivity (Wildman–Crippen MR) is 63.2 cm³/mol. The van der Waals surface area contributed by atoms with Crippen LogP contribution in [0.2, 0.25) is 5.02 Å². The minimum Gasteiger partial charge on any atom is -0.465 e. The van der Waals surface area contributed by atoms with Gasteiger partial charge in [0.2, 0.25) is 0 Å². The van der Waals surface area contributed by atoms with Crippen LogP contribution in [0.5, 0.6) is 0 Å². The van der Waals surface area contributed by atoms with Crippen LogP contribution in [0.15, 0.2) is 16.6 Å². The van der Waals surface area contributed by atoms with Gasteiger partial charge >= 0.3 is 5.97 Å². The van der Waals surface area contributed by atoms with Crippen molar-refractivity contribution >= 4 is 56.1 Å². The Bertz CT molecular complexity index is 354. The Labute approximate surface area is 103 Å². The molecule has 0 aromatic heterocycles. The Balaban J connectivity index is 3.26. The molecule has 0 heterocycles. The zero-order valence-corrected chi connectivity index (χ0v) is 11.1. The first-order chi connectivity index (χ1) is 6.07. The summed E-state index contributed by atoms with van der Waals surface area (Å²) in [5.74, 6) is -0.374. The van der Waals surface area contributed by atoms with E-state index in [9.17, 15) is 4.79 Å². The number of benzene rings is 1. The van der Waals surface area contributed by atoms with Gasteiger partial charge in [-0.15, -0.1) is 0 Å². The number of halogens is 3. The molecular formula is C8H5BrClIO2. The van der Waals surface area contributed by atoms with E-state index in [0.717, 1.165) is 3.57 Å². The van der Waals surface area contributed by atoms with E-state index in [1.165, 1.54) is 7.11 Å². The van der Waals surface area contributed by atoms with E-state index in [1.54, 1.807) is 12.1 Å². The van der Waals surface area contributed by atoms with Gasteiger partial charge < -0.3 is 4.74 Å². The van der Waals surface area contributed by atoms with Gasteiger partial charge in [-0.1, -0.05) is 11.6 Å². The number of esters is 1. The zero-order chi connectivity index (χ0) is 10.0. The SMILES string of the molecule is COC(=O)c1ccc(Cl)c(I)c1Br. The maximum Gasteiger partial charge on any atom is 0.339 e. The average Bonchev–Trinajstić information content (AvgIpc) is 2.13. The van der Waals surface area contributed by atoms with Crippen LogP contribution in [-0.4, -0.2) is 13.1 Å². The third-order valence-electron chi connectivity index (χ3n) is 1.44. The normalized spacial score (nSPS) is 9.85. The van der Waals surface area contributed by atoms with Crippen LogP contribution in [0.3, 0.4) is 0 Å². The molecule has 0 N–H and O–H groups in total. The Morgan fingerprint density at radius 3 is 2.77 bits per heavy atom. The maximum atomic E-state index is 11.2. The number of hydrogen-bond donors (Lipinski definition) is 0. The molecule has 1 aromatic carbocycles. The lowest BCUT2D eigenvalue weighted by atomic mass is 10.2. The second-order valence-corrected chi connectivity index (χ2v) is 4.49. The second kappa shape index (κ2) is 4.61. The fourth-order valence-electron chi connectivity index (χ4n) is 0.794. The van der Waals surface area contributed by atoms with Crippen molar-refractivity contribution in [3.8, 4) is 0 Å². The standard InChI is InChI=1S/C8H5BrClIO2/c1-13-8(12)4-2-3-5(10)7(11)6(4)9/h2-3H,1H3. The van der Waals surface area contributed by atoms with E-state index < -0.39 is 0 Å². The number of hydrogen-bond acceptors (Lipinski definition) is 2. The molecule has 1 rings (SSSR count). The average molecular weight is 375 g/mol. The lowest BCUT2D eigenvalue weighted by Gasteiger charge is -2.05. The predicted octanol–water partition coefficient (Wildman–Crippen LogP) is 3.49. The number of methoxy groups -OCH3 is 1. The summed E-state index contributed by atoms with van der Waals surface area (Å²) in [5, 5.41) is 0.611. The molecule has 0 radical (unpaired) electrons. The molecule has 0 aliphatic heterocycles. The third-order valence-corrected chi connectivity index (χ3v) is 4.76. The van der Waals surface area contributed by atoms with Gasteiger partial charge in [-0.05, 0) is 50.7 Å². The van der Waals surface area contributed by atoms with Gasteiger partial charge in [0.25, 0.3) is 0 Å². The molecule has 0 bridgehead atoms. The van der Waals surface area contributed by atoms with E-state index in [1.807, 2.05) is 0 Å². The van der Waals surface area contributed by atoms with Crippen LogP contribution in [0.4, 0.5) is 0 Å². The van der Waals surface area contributed by atoms with Gasteiger partial charge in [-0.25, -0.2) is 4.79 Å². The molecule has 0 saturated carbocycles. The fourth-order valence-corrected chi connectivity index (χ4v) is 2.04. The summed E-state index contributed by atoms with van der Waals surface area (Å²) in [7, 11) is 1.34. The highest BCUT2D eigenvalue weighted by molar-refractivity contribution is 14.1. The number of rotatable bonds is 1. The Hall–Kier alpha value is 0.190. The Kier molecular flexibility index (Phi) is 4.00. The molecule has 13 heavy (non-hydrogen) atoms. The highest BCUT2D eigenvalue weighted by atomic mass is 127. The lowest BCUT2D eigenvalue weighted by molar-refractivity contribution is 0.0599. The summed E-state index contributed by atoms with van der Waals surface area (Å²) >= 11 is 11.2. The molecule has 0 unspecified atom stereocenters. The van der Waals surface area contributed by atoms with Gasteiger partial charge in [-0.2, -0.15) is 0 Å². The van der Waals surface area contributed by atoms with Crippen molar-refractivity contribution in [2.45, 2.75) is 0 Å². The van der Waals surface area contributed by atoms with Crippen LogP contribution < -0.4 is 0 Å². The van der Waals surface area contributed by atoms with Crippen molar-refractivity contribution in [3.05, 3.63) is 30.8 Å². The first-order valence-corrected chi connectivity index (χ1v) is 5.54. The Morgan fingerprint density at radius 1 is 1.62 bits per heavy atom. The molecule has 0 atom stereocenters. The van der Waals surface area contributed by atoms with Gasteiger partial charge in [0.15, 0.2) is 0 Å². The molecule has 0 spiro atoms. The van der Waals surface area contributed by atoms with Crippen molar-refractivity contribution in [1.29, 1.82) is 0 Å². The van der Waals surface area contributed by atoms with Gasteiger partial charge in [-0.3, -0.25) is 0 Å².